The minimum Gasteiger partial charge on any atom is -0.366 e. The summed E-state index contributed by atoms with van der Waals surface area (Å²) in [5.41, 5.74) is 12.6. The molecule has 6 rings (SSSR count). The Morgan fingerprint density at radius 1 is 1.16 bits per heavy atom. The Labute approximate surface area is 214 Å². The molecule has 2 N–H and O–H groups in total. The first-order valence-electron chi connectivity index (χ1n) is 12.3. The SMILES string of the molecule is C=C(C(N)=O)c1ccc(N2CC=C(c3cc(-c4cnn(CC5CC5)c4)cn4ncc(C#N)c34)CC2)cn1. The van der Waals surface area contributed by atoms with E-state index < -0.39 is 5.91 Å². The van der Waals surface area contributed by atoms with Gasteiger partial charge in [-0.05, 0) is 49.0 Å². The van der Waals surface area contributed by atoms with Gasteiger partial charge in [-0.3, -0.25) is 14.5 Å². The minimum atomic E-state index is -0.578. The maximum atomic E-state index is 11.4. The molecule has 0 radical (unpaired) electrons. The van der Waals surface area contributed by atoms with Crippen LogP contribution in [0, 0.1) is 17.2 Å². The monoisotopic (exact) mass is 490 g/mol. The molecule has 184 valence electrons. The molecule has 1 saturated carbocycles. The number of hydrogen-bond donors (Lipinski definition) is 1. The molecule has 9 nitrogen and oxygen atoms in total. The van der Waals surface area contributed by atoms with Gasteiger partial charge in [0.25, 0.3) is 0 Å². The number of fused-ring (bicyclic) bond motifs is 1. The topological polar surface area (TPSA) is 118 Å². The van der Waals surface area contributed by atoms with Gasteiger partial charge in [0.1, 0.15) is 6.07 Å². The van der Waals surface area contributed by atoms with Gasteiger partial charge in [-0.15, -0.1) is 0 Å². The molecule has 0 bridgehead atoms. The van der Waals surface area contributed by atoms with Gasteiger partial charge in [0.15, 0.2) is 0 Å². The predicted molar refractivity (Wildman–Crippen MR) is 141 cm³/mol. The summed E-state index contributed by atoms with van der Waals surface area (Å²) in [4.78, 5) is 18.0. The summed E-state index contributed by atoms with van der Waals surface area (Å²) < 4.78 is 3.83. The van der Waals surface area contributed by atoms with Gasteiger partial charge >= 0.3 is 0 Å². The molecule has 2 aliphatic rings. The van der Waals surface area contributed by atoms with Crippen molar-refractivity contribution in [2.24, 2.45) is 11.7 Å². The Morgan fingerprint density at radius 3 is 2.70 bits per heavy atom. The fraction of sp³-hybridized carbons (Fsp3) is 0.250. The van der Waals surface area contributed by atoms with Crippen LogP contribution in [0.1, 0.15) is 36.1 Å². The molecule has 0 saturated heterocycles. The van der Waals surface area contributed by atoms with Crippen LogP contribution in [0.15, 0.2) is 61.8 Å². The van der Waals surface area contributed by atoms with Crippen molar-refractivity contribution in [2.45, 2.75) is 25.8 Å². The summed E-state index contributed by atoms with van der Waals surface area (Å²) in [5.74, 6) is 0.171. The van der Waals surface area contributed by atoms with E-state index in [-0.39, 0.29) is 5.57 Å². The highest BCUT2D eigenvalue weighted by atomic mass is 16.1. The van der Waals surface area contributed by atoms with Crippen molar-refractivity contribution in [3.05, 3.63) is 78.7 Å². The molecular weight excluding hydrogens is 464 g/mol. The second-order valence-electron chi connectivity index (χ2n) is 9.67. The van der Waals surface area contributed by atoms with Gasteiger partial charge in [0.05, 0.1) is 46.6 Å². The number of pyridine rings is 2. The van der Waals surface area contributed by atoms with Crippen LogP contribution in [0.3, 0.4) is 0 Å². The lowest BCUT2D eigenvalue weighted by Crippen LogP contribution is -2.28. The molecule has 0 spiro atoms. The fourth-order valence-corrected chi connectivity index (χ4v) is 4.81. The third-order valence-electron chi connectivity index (χ3n) is 7.12. The Morgan fingerprint density at radius 2 is 2.03 bits per heavy atom. The van der Waals surface area contributed by atoms with Gasteiger partial charge in [-0.2, -0.15) is 15.5 Å². The Kier molecular flexibility index (Phi) is 5.57. The molecule has 1 aliphatic carbocycles. The maximum absolute atomic E-state index is 11.4. The third kappa shape index (κ3) is 4.38. The van der Waals surface area contributed by atoms with Gasteiger partial charge in [0.2, 0.25) is 5.91 Å². The number of nitrogens with two attached hydrogens (primary N) is 1. The number of primary amides is 1. The van der Waals surface area contributed by atoms with Gasteiger partial charge in [-0.25, -0.2) is 4.52 Å². The standard InChI is InChI=1S/C28H26N8O/c1-18(28(30)37)26-5-4-24(14-31-26)34-8-6-20(7-9-34)25-10-21(17-36-27(25)22(11-29)12-33-36)23-13-32-35(16-23)15-19-2-3-19/h4-6,10,12-14,16-17,19H,1-3,7-9,15H2,(H2,30,37). The van der Waals surface area contributed by atoms with E-state index >= 15 is 0 Å². The zero-order chi connectivity index (χ0) is 25.5. The summed E-state index contributed by atoms with van der Waals surface area (Å²) in [7, 11) is 0. The average Bonchev–Trinajstić information content (AvgIpc) is 3.44. The first-order chi connectivity index (χ1) is 18.0. The molecule has 0 atom stereocenters. The van der Waals surface area contributed by atoms with Gasteiger partial charge in [-0.1, -0.05) is 12.7 Å². The summed E-state index contributed by atoms with van der Waals surface area (Å²) in [5, 5.41) is 18.8. The molecule has 1 amide bonds. The zero-order valence-corrected chi connectivity index (χ0v) is 20.3. The molecule has 5 heterocycles. The van der Waals surface area contributed by atoms with Gasteiger partial charge < -0.3 is 10.6 Å². The molecule has 1 aliphatic heterocycles. The summed E-state index contributed by atoms with van der Waals surface area (Å²) in [6.45, 7) is 6.14. The second-order valence-corrected chi connectivity index (χ2v) is 9.67. The van der Waals surface area contributed by atoms with Crippen LogP contribution in [0.25, 0.3) is 27.8 Å². The van der Waals surface area contributed by atoms with E-state index in [1.807, 2.05) is 27.7 Å². The second kappa shape index (κ2) is 9.06. The highest BCUT2D eigenvalue weighted by Gasteiger charge is 2.23. The minimum absolute atomic E-state index is 0.198. The first kappa shape index (κ1) is 22.7. The largest absolute Gasteiger partial charge is 0.366 e. The Bertz CT molecular complexity index is 1600. The molecule has 4 aromatic heterocycles. The number of rotatable bonds is 7. The van der Waals surface area contributed by atoms with Crippen LogP contribution in [-0.4, -0.2) is 43.4 Å². The maximum Gasteiger partial charge on any atom is 0.250 e. The molecule has 4 aromatic rings. The van der Waals surface area contributed by atoms with Crippen molar-refractivity contribution in [2.75, 3.05) is 18.0 Å². The van der Waals surface area contributed by atoms with Crippen molar-refractivity contribution < 1.29 is 4.79 Å². The number of carbonyl (C=O) groups is 1. The lowest BCUT2D eigenvalue weighted by Gasteiger charge is -2.28. The van der Waals surface area contributed by atoms with E-state index in [0.29, 0.717) is 17.8 Å². The van der Waals surface area contributed by atoms with Crippen molar-refractivity contribution in [3.8, 4) is 17.2 Å². The number of anilines is 1. The van der Waals surface area contributed by atoms with Crippen molar-refractivity contribution in [1.29, 1.82) is 5.26 Å². The Hall–Kier alpha value is -4.71. The number of amides is 1. The number of nitrogens with zero attached hydrogens (tertiary/aromatic N) is 7. The molecular formula is C28H26N8O. The Balaban J connectivity index is 1.30. The van der Waals surface area contributed by atoms with Crippen LogP contribution in [0.2, 0.25) is 0 Å². The third-order valence-corrected chi connectivity index (χ3v) is 7.12. The molecule has 1 fully saturated rings. The smallest absolute Gasteiger partial charge is 0.250 e. The molecule has 0 aromatic carbocycles. The van der Waals surface area contributed by atoms with E-state index in [4.69, 9.17) is 5.73 Å². The number of nitriles is 1. The van der Waals surface area contributed by atoms with Gasteiger partial charge in [0, 0.05) is 48.7 Å². The summed E-state index contributed by atoms with van der Waals surface area (Å²) >= 11 is 0. The van der Waals surface area contributed by atoms with E-state index in [1.165, 1.54) is 18.4 Å². The number of aromatic nitrogens is 5. The average molecular weight is 491 g/mol. The quantitative estimate of drug-likeness (QED) is 0.395. The summed E-state index contributed by atoms with van der Waals surface area (Å²) in [6.07, 6.45) is 14.9. The van der Waals surface area contributed by atoms with E-state index in [9.17, 15) is 10.1 Å². The van der Waals surface area contributed by atoms with Crippen LogP contribution >= 0.6 is 0 Å². The van der Waals surface area contributed by atoms with Crippen molar-refractivity contribution >= 4 is 28.3 Å². The van der Waals surface area contributed by atoms with Crippen LogP contribution in [-0.2, 0) is 11.3 Å². The lowest BCUT2D eigenvalue weighted by molar-refractivity contribution is -0.112. The normalized spacial score (nSPS) is 15.4. The fourth-order valence-electron chi connectivity index (χ4n) is 4.81. The van der Waals surface area contributed by atoms with E-state index in [2.05, 4.69) is 51.1 Å². The summed E-state index contributed by atoms with van der Waals surface area (Å²) in [6, 6.07) is 8.15. The molecule has 37 heavy (non-hydrogen) atoms. The zero-order valence-electron chi connectivity index (χ0n) is 20.3. The molecule has 0 unspecified atom stereocenters. The molecule has 9 heteroatoms. The van der Waals surface area contributed by atoms with Crippen molar-refractivity contribution in [1.82, 2.24) is 24.4 Å². The van der Waals surface area contributed by atoms with Crippen LogP contribution < -0.4 is 10.6 Å². The predicted octanol–water partition coefficient (Wildman–Crippen LogP) is 3.67. The lowest BCUT2D eigenvalue weighted by atomic mass is 9.95. The van der Waals surface area contributed by atoms with Crippen LogP contribution in [0.4, 0.5) is 5.69 Å². The number of carbonyl (C=O) groups excluding carboxylic acids is 1. The highest BCUT2D eigenvalue weighted by molar-refractivity contribution is 6.17. The van der Waals surface area contributed by atoms with E-state index in [0.717, 1.165) is 53.3 Å². The highest BCUT2D eigenvalue weighted by Crippen LogP contribution is 2.34. The first-order valence-corrected chi connectivity index (χ1v) is 12.3. The van der Waals surface area contributed by atoms with Crippen LogP contribution in [0.5, 0.6) is 0 Å². The van der Waals surface area contributed by atoms with Crippen molar-refractivity contribution in [3.63, 3.8) is 0 Å². The van der Waals surface area contributed by atoms with E-state index in [1.54, 1.807) is 18.5 Å². The number of hydrogen-bond acceptors (Lipinski definition) is 6.